The minimum atomic E-state index is -1.59. The monoisotopic (exact) mass is 262 g/mol. The molecule has 0 aliphatic rings. The second-order valence-corrected chi connectivity index (χ2v) is 5.39. The van der Waals surface area contributed by atoms with Crippen molar-refractivity contribution in [1.82, 2.24) is 0 Å². The van der Waals surface area contributed by atoms with Crippen LogP contribution in [0.1, 0.15) is 26.7 Å². The van der Waals surface area contributed by atoms with E-state index in [0.717, 1.165) is 12.8 Å². The van der Waals surface area contributed by atoms with E-state index in [9.17, 15) is 4.79 Å². The van der Waals surface area contributed by atoms with Gasteiger partial charge < -0.3 is 9.47 Å². The van der Waals surface area contributed by atoms with Gasteiger partial charge in [-0.1, -0.05) is 48.1 Å². The van der Waals surface area contributed by atoms with Gasteiger partial charge in [0.05, 0.1) is 0 Å². The van der Waals surface area contributed by atoms with Crippen LogP contribution in [0.25, 0.3) is 0 Å². The highest BCUT2D eigenvalue weighted by Crippen LogP contribution is 2.26. The lowest BCUT2D eigenvalue weighted by atomic mass is 10.2. The van der Waals surface area contributed by atoms with E-state index < -0.39 is 9.95 Å². The van der Waals surface area contributed by atoms with E-state index in [1.54, 1.807) is 6.92 Å². The molecule has 0 radical (unpaired) electrons. The molecule has 6 heteroatoms. The minimum absolute atomic E-state index is 0.178. The van der Waals surface area contributed by atoms with E-state index >= 15 is 0 Å². The summed E-state index contributed by atoms with van der Waals surface area (Å²) in [7, 11) is 0. The first-order chi connectivity index (χ1) is 6.35. The van der Waals surface area contributed by atoms with Crippen LogP contribution >= 0.6 is 34.8 Å². The van der Waals surface area contributed by atoms with Gasteiger partial charge in [-0.05, 0) is 13.3 Å². The lowest BCUT2D eigenvalue weighted by Gasteiger charge is -2.14. The van der Waals surface area contributed by atoms with Gasteiger partial charge in [0.2, 0.25) is 3.79 Å². The van der Waals surface area contributed by atoms with Crippen molar-refractivity contribution in [3.8, 4) is 0 Å². The van der Waals surface area contributed by atoms with Crippen LogP contribution in [0, 0.1) is 0 Å². The van der Waals surface area contributed by atoms with Crippen LogP contribution in [-0.2, 0) is 9.47 Å². The Labute approximate surface area is 98.6 Å². The SMILES string of the molecule is CCCC(C)OC(=O)OCC(Cl)(Cl)Cl. The van der Waals surface area contributed by atoms with Gasteiger partial charge in [0.15, 0.2) is 0 Å². The smallest absolute Gasteiger partial charge is 0.431 e. The largest absolute Gasteiger partial charge is 0.508 e. The number of carbonyl (C=O) groups excluding carboxylic acids is 1. The van der Waals surface area contributed by atoms with Gasteiger partial charge >= 0.3 is 6.16 Å². The lowest BCUT2D eigenvalue weighted by molar-refractivity contribution is 0.0276. The molecular weight excluding hydrogens is 250 g/mol. The normalized spacial score (nSPS) is 13.5. The number of alkyl halides is 3. The Kier molecular flexibility index (Phi) is 6.66. The van der Waals surface area contributed by atoms with Crippen LogP contribution in [0.15, 0.2) is 0 Å². The molecule has 0 aliphatic heterocycles. The summed E-state index contributed by atoms with van der Waals surface area (Å²) in [6.45, 7) is 3.46. The first-order valence-corrected chi connectivity index (χ1v) is 5.38. The van der Waals surface area contributed by atoms with Crippen LogP contribution in [0.5, 0.6) is 0 Å². The molecule has 14 heavy (non-hydrogen) atoms. The lowest BCUT2D eigenvalue weighted by Crippen LogP contribution is -2.21. The average molecular weight is 264 g/mol. The quantitative estimate of drug-likeness (QED) is 0.573. The molecule has 0 amide bonds. The van der Waals surface area contributed by atoms with Gasteiger partial charge in [0.25, 0.3) is 0 Å². The Morgan fingerprint density at radius 1 is 1.43 bits per heavy atom. The molecule has 0 rings (SSSR count). The molecule has 0 fully saturated rings. The highest BCUT2D eigenvalue weighted by molar-refractivity contribution is 6.67. The number of hydrogen-bond acceptors (Lipinski definition) is 3. The van der Waals surface area contributed by atoms with Crippen LogP contribution in [-0.4, -0.2) is 22.7 Å². The van der Waals surface area contributed by atoms with Crippen LogP contribution < -0.4 is 0 Å². The zero-order chi connectivity index (χ0) is 11.2. The minimum Gasteiger partial charge on any atom is -0.431 e. The highest BCUT2D eigenvalue weighted by Gasteiger charge is 2.23. The summed E-state index contributed by atoms with van der Waals surface area (Å²) in [5.74, 6) is 0. The van der Waals surface area contributed by atoms with Crippen LogP contribution in [0.2, 0.25) is 0 Å². The summed E-state index contributed by atoms with van der Waals surface area (Å²) >= 11 is 16.1. The first-order valence-electron chi connectivity index (χ1n) is 4.25. The standard InChI is InChI=1S/C8H13Cl3O3/c1-3-4-6(2)14-7(12)13-5-8(9,10)11/h6H,3-5H2,1-2H3. The molecule has 0 bridgehead atoms. The van der Waals surface area contributed by atoms with Crippen molar-refractivity contribution < 1.29 is 14.3 Å². The van der Waals surface area contributed by atoms with E-state index in [1.807, 2.05) is 6.92 Å². The van der Waals surface area contributed by atoms with E-state index in [2.05, 4.69) is 4.74 Å². The van der Waals surface area contributed by atoms with Gasteiger partial charge in [-0.3, -0.25) is 0 Å². The summed E-state index contributed by atoms with van der Waals surface area (Å²) in [4.78, 5) is 11.0. The fourth-order valence-corrected chi connectivity index (χ4v) is 0.968. The molecule has 0 saturated carbocycles. The molecule has 0 aromatic heterocycles. The van der Waals surface area contributed by atoms with E-state index in [4.69, 9.17) is 39.5 Å². The topological polar surface area (TPSA) is 35.5 Å². The van der Waals surface area contributed by atoms with Crippen LogP contribution in [0.4, 0.5) is 4.79 Å². The Morgan fingerprint density at radius 3 is 2.43 bits per heavy atom. The zero-order valence-electron chi connectivity index (χ0n) is 8.06. The maximum atomic E-state index is 11.0. The van der Waals surface area contributed by atoms with Gasteiger partial charge in [0.1, 0.15) is 12.7 Å². The van der Waals surface area contributed by atoms with Gasteiger partial charge in [0, 0.05) is 0 Å². The summed E-state index contributed by atoms with van der Waals surface area (Å²) in [6.07, 6.45) is 0.724. The number of ether oxygens (including phenoxy) is 2. The molecule has 1 atom stereocenters. The van der Waals surface area contributed by atoms with Crippen molar-refractivity contribution in [3.05, 3.63) is 0 Å². The molecule has 0 aliphatic carbocycles. The fourth-order valence-electron chi connectivity index (χ4n) is 0.804. The molecule has 0 saturated heterocycles. The van der Waals surface area contributed by atoms with Gasteiger partial charge in [-0.15, -0.1) is 0 Å². The average Bonchev–Trinajstić information content (AvgIpc) is 2.00. The predicted molar refractivity (Wildman–Crippen MR) is 57.1 cm³/mol. The Morgan fingerprint density at radius 2 is 2.00 bits per heavy atom. The number of hydrogen-bond donors (Lipinski definition) is 0. The highest BCUT2D eigenvalue weighted by atomic mass is 35.6. The third-order valence-corrected chi connectivity index (χ3v) is 1.67. The second kappa shape index (κ2) is 6.59. The number of halogens is 3. The van der Waals surface area contributed by atoms with Crippen molar-refractivity contribution in [2.24, 2.45) is 0 Å². The molecule has 0 spiro atoms. The maximum Gasteiger partial charge on any atom is 0.508 e. The van der Waals surface area contributed by atoms with E-state index in [0.29, 0.717) is 0 Å². The van der Waals surface area contributed by atoms with Crippen molar-refractivity contribution in [2.75, 3.05) is 6.61 Å². The third kappa shape index (κ3) is 8.73. The second-order valence-electron chi connectivity index (χ2n) is 2.87. The summed E-state index contributed by atoms with van der Waals surface area (Å²) in [6, 6.07) is 0. The van der Waals surface area contributed by atoms with Gasteiger partial charge in [-0.25, -0.2) is 4.79 Å². The van der Waals surface area contributed by atoms with Crippen molar-refractivity contribution >= 4 is 41.0 Å². The molecular formula is C8H13Cl3O3. The molecule has 0 N–H and O–H groups in total. The summed E-state index contributed by atoms with van der Waals surface area (Å²) in [5, 5.41) is 0. The first kappa shape index (κ1) is 14.1. The van der Waals surface area contributed by atoms with Gasteiger partial charge in [-0.2, -0.15) is 0 Å². The number of carbonyl (C=O) groups is 1. The van der Waals surface area contributed by atoms with Crippen LogP contribution in [0.3, 0.4) is 0 Å². The number of rotatable bonds is 4. The van der Waals surface area contributed by atoms with E-state index in [-0.39, 0.29) is 12.7 Å². The van der Waals surface area contributed by atoms with E-state index in [1.165, 1.54) is 0 Å². The maximum absolute atomic E-state index is 11.0. The third-order valence-electron chi connectivity index (χ3n) is 1.35. The molecule has 1 unspecified atom stereocenters. The molecule has 3 nitrogen and oxygen atoms in total. The fraction of sp³-hybridized carbons (Fsp3) is 0.875. The molecule has 0 heterocycles. The molecule has 0 aromatic carbocycles. The Balaban J connectivity index is 3.65. The Bertz CT molecular complexity index is 179. The summed E-state index contributed by atoms with van der Waals surface area (Å²) < 4.78 is 7.83. The van der Waals surface area contributed by atoms with Crippen molar-refractivity contribution in [1.29, 1.82) is 0 Å². The van der Waals surface area contributed by atoms with Crippen molar-refractivity contribution in [2.45, 2.75) is 36.6 Å². The zero-order valence-corrected chi connectivity index (χ0v) is 10.3. The molecule has 0 aromatic rings. The Hall–Kier alpha value is 0.140. The summed E-state index contributed by atoms with van der Waals surface area (Å²) in [5.41, 5.74) is 0. The predicted octanol–water partition coefficient (Wildman–Crippen LogP) is 3.70. The molecule has 84 valence electrons. The van der Waals surface area contributed by atoms with Crippen molar-refractivity contribution in [3.63, 3.8) is 0 Å².